The lowest BCUT2D eigenvalue weighted by Gasteiger charge is -2.06. The van der Waals surface area contributed by atoms with Crippen molar-refractivity contribution in [2.75, 3.05) is 0 Å². The van der Waals surface area contributed by atoms with Crippen molar-refractivity contribution in [2.45, 2.75) is 31.7 Å². The van der Waals surface area contributed by atoms with Gasteiger partial charge >= 0.3 is 0 Å². The molecule has 30 heavy (non-hydrogen) atoms. The molecule has 154 valence electrons. The van der Waals surface area contributed by atoms with Gasteiger partial charge in [0.05, 0.1) is 22.5 Å². The quantitative estimate of drug-likeness (QED) is 0.467. The van der Waals surface area contributed by atoms with Gasteiger partial charge in [0.15, 0.2) is 10.0 Å². The van der Waals surface area contributed by atoms with Crippen molar-refractivity contribution < 1.29 is 13.3 Å². The van der Waals surface area contributed by atoms with Crippen LogP contribution in [-0.2, 0) is 16.6 Å². The van der Waals surface area contributed by atoms with Gasteiger partial charge in [0.25, 0.3) is 5.82 Å². The monoisotopic (exact) mass is 422 g/mol. The first-order valence-corrected chi connectivity index (χ1v) is 11.3. The van der Waals surface area contributed by atoms with Gasteiger partial charge in [0, 0.05) is 0 Å². The summed E-state index contributed by atoms with van der Waals surface area (Å²) < 4.78 is 31.6. The van der Waals surface area contributed by atoms with Crippen LogP contribution in [0.15, 0.2) is 82.6 Å². The fourth-order valence-corrected chi connectivity index (χ4v) is 4.02. The number of para-hydroxylation sites is 2. The molecule has 0 spiro atoms. The van der Waals surface area contributed by atoms with Crippen LogP contribution in [0.3, 0.4) is 0 Å². The van der Waals surface area contributed by atoms with E-state index in [2.05, 4.69) is 32.7 Å². The van der Waals surface area contributed by atoms with Crippen LogP contribution in [0.4, 0.5) is 5.82 Å². The minimum atomic E-state index is -3.67. The number of imidazole rings is 1. The Labute approximate surface area is 176 Å². The van der Waals surface area contributed by atoms with Crippen LogP contribution in [0, 0.1) is 5.92 Å². The summed E-state index contributed by atoms with van der Waals surface area (Å²) >= 11 is 0. The van der Waals surface area contributed by atoms with Crippen molar-refractivity contribution in [2.24, 2.45) is 10.3 Å². The molecular weight excluding hydrogens is 398 g/mol. The van der Waals surface area contributed by atoms with E-state index in [0.29, 0.717) is 22.8 Å². The minimum Gasteiger partial charge on any atom is -0.296 e. The van der Waals surface area contributed by atoms with Gasteiger partial charge in [-0.15, -0.1) is 4.36 Å². The van der Waals surface area contributed by atoms with Crippen LogP contribution >= 0.6 is 0 Å². The zero-order chi connectivity index (χ0) is 21.1. The molecule has 0 radical (unpaired) electrons. The molecule has 2 aromatic heterocycles. The van der Waals surface area contributed by atoms with Crippen LogP contribution < -0.4 is 4.57 Å². The predicted molar refractivity (Wildman–Crippen MR) is 116 cm³/mol. The SMILES string of the molecule is CC(C)CC[n+]1ccn(-c2nc3ccccc3nc2N=S(=O)(O)c2ccccc2)c1. The summed E-state index contributed by atoms with van der Waals surface area (Å²) in [6, 6.07) is 15.8. The number of hydrogen-bond donors (Lipinski definition) is 1. The number of nitrogens with zero attached hydrogens (tertiary/aromatic N) is 5. The molecule has 0 aliphatic heterocycles. The molecule has 2 aromatic carbocycles. The molecule has 0 fully saturated rings. The smallest absolute Gasteiger partial charge is 0.272 e. The highest BCUT2D eigenvalue weighted by Crippen LogP contribution is 2.25. The first kappa shape index (κ1) is 20.2. The Bertz CT molecular complexity index is 1290. The topological polar surface area (TPSA) is 84.3 Å². The van der Waals surface area contributed by atoms with Gasteiger partial charge in [0.2, 0.25) is 12.1 Å². The highest BCUT2D eigenvalue weighted by Gasteiger charge is 2.19. The van der Waals surface area contributed by atoms with Gasteiger partial charge in [-0.1, -0.05) is 44.2 Å². The van der Waals surface area contributed by atoms with Crippen molar-refractivity contribution >= 4 is 26.9 Å². The van der Waals surface area contributed by atoms with Crippen LogP contribution in [0.2, 0.25) is 0 Å². The summed E-state index contributed by atoms with van der Waals surface area (Å²) in [6.45, 7) is 5.24. The summed E-state index contributed by atoms with van der Waals surface area (Å²) in [4.78, 5) is 9.46. The molecule has 1 atom stereocenters. The number of aryl methyl sites for hydroxylation is 1. The molecule has 0 amide bonds. The van der Waals surface area contributed by atoms with Gasteiger partial charge in [-0.25, -0.2) is 18.7 Å². The number of benzene rings is 2. The third-order valence-electron chi connectivity index (χ3n) is 4.70. The molecule has 0 saturated heterocycles. The second-order valence-corrected chi connectivity index (χ2v) is 9.15. The Hall–Kier alpha value is -3.10. The van der Waals surface area contributed by atoms with E-state index < -0.39 is 10.0 Å². The third kappa shape index (κ3) is 4.39. The molecule has 0 aliphatic carbocycles. The fraction of sp³-hybridized carbons (Fsp3) is 0.227. The normalized spacial score (nSPS) is 13.5. The van der Waals surface area contributed by atoms with Crippen molar-refractivity contribution in [1.29, 1.82) is 0 Å². The molecule has 1 N–H and O–H groups in total. The molecule has 1 unspecified atom stereocenters. The number of hydrogen-bond acceptors (Lipinski definition) is 4. The summed E-state index contributed by atoms with van der Waals surface area (Å²) in [5.41, 5.74) is 1.31. The molecule has 0 saturated carbocycles. The van der Waals surface area contributed by atoms with Crippen molar-refractivity contribution in [3.05, 3.63) is 73.3 Å². The second-order valence-electron chi connectivity index (χ2n) is 7.50. The van der Waals surface area contributed by atoms with Crippen molar-refractivity contribution in [3.63, 3.8) is 0 Å². The van der Waals surface area contributed by atoms with E-state index in [-0.39, 0.29) is 10.7 Å². The Morgan fingerprint density at radius 3 is 2.43 bits per heavy atom. The van der Waals surface area contributed by atoms with E-state index >= 15 is 0 Å². The number of rotatable bonds is 6. The predicted octanol–water partition coefficient (Wildman–Crippen LogP) is 4.39. The third-order valence-corrected chi connectivity index (χ3v) is 6.00. The Balaban J connectivity index is 1.85. The average molecular weight is 423 g/mol. The first-order valence-electron chi connectivity index (χ1n) is 9.81. The standard InChI is InChI=1S/C22H23N5O2S/c1-17(2)12-13-26-14-15-27(16-26)22-21(23-19-10-6-7-11-20(19)24-22)25-30(28,29)18-8-4-3-5-9-18/h3-11,14-17H,12-13H2,1-2H3/p+1. The maximum Gasteiger partial charge on any atom is 0.272 e. The maximum absolute atomic E-state index is 13.0. The van der Waals surface area contributed by atoms with E-state index in [1.165, 1.54) is 0 Å². The maximum atomic E-state index is 13.0. The van der Waals surface area contributed by atoms with E-state index in [1.807, 2.05) is 43.0 Å². The van der Waals surface area contributed by atoms with Crippen molar-refractivity contribution in [3.8, 4) is 5.82 Å². The van der Waals surface area contributed by atoms with Crippen LogP contribution in [-0.4, -0.2) is 23.3 Å². The second kappa shape index (κ2) is 8.33. The molecule has 8 heteroatoms. The van der Waals surface area contributed by atoms with Gasteiger partial charge < -0.3 is 0 Å². The number of aromatic nitrogens is 4. The lowest BCUT2D eigenvalue weighted by atomic mass is 10.1. The Morgan fingerprint density at radius 1 is 1.07 bits per heavy atom. The summed E-state index contributed by atoms with van der Waals surface area (Å²) in [5.74, 6) is 1.13. The highest BCUT2D eigenvalue weighted by molar-refractivity contribution is 7.88. The minimum absolute atomic E-state index is 0.122. The lowest BCUT2D eigenvalue weighted by Crippen LogP contribution is -2.31. The van der Waals surface area contributed by atoms with Crippen molar-refractivity contribution in [1.82, 2.24) is 14.5 Å². The van der Waals surface area contributed by atoms with E-state index in [0.717, 1.165) is 13.0 Å². The van der Waals surface area contributed by atoms with Crippen LogP contribution in [0.1, 0.15) is 20.3 Å². The lowest BCUT2D eigenvalue weighted by molar-refractivity contribution is -0.697. The van der Waals surface area contributed by atoms with E-state index in [9.17, 15) is 8.76 Å². The molecule has 4 rings (SSSR count). The van der Waals surface area contributed by atoms with Gasteiger partial charge in [0.1, 0.15) is 12.4 Å². The molecule has 4 aromatic rings. The molecule has 0 aliphatic rings. The van der Waals surface area contributed by atoms with E-state index in [1.54, 1.807) is 34.9 Å². The van der Waals surface area contributed by atoms with Gasteiger partial charge in [-0.05, 0) is 36.6 Å². The summed E-state index contributed by atoms with van der Waals surface area (Å²) in [6.07, 6.45) is 6.77. The Kier molecular flexibility index (Phi) is 5.61. The zero-order valence-corrected chi connectivity index (χ0v) is 17.7. The fourth-order valence-electron chi connectivity index (χ4n) is 3.04. The average Bonchev–Trinajstić information content (AvgIpc) is 3.21. The molecule has 0 bridgehead atoms. The summed E-state index contributed by atoms with van der Waals surface area (Å²) in [5, 5.41) is 0. The van der Waals surface area contributed by atoms with Gasteiger partial charge in [-0.2, -0.15) is 4.57 Å². The molecule has 7 nitrogen and oxygen atoms in total. The van der Waals surface area contributed by atoms with E-state index in [4.69, 9.17) is 0 Å². The first-order chi connectivity index (χ1) is 14.4. The molecule has 2 heterocycles. The van der Waals surface area contributed by atoms with Crippen LogP contribution in [0.5, 0.6) is 0 Å². The Morgan fingerprint density at radius 2 is 1.73 bits per heavy atom. The number of fused-ring (bicyclic) bond motifs is 1. The van der Waals surface area contributed by atoms with Gasteiger partial charge in [-0.3, -0.25) is 4.55 Å². The largest absolute Gasteiger partial charge is 0.296 e. The highest BCUT2D eigenvalue weighted by atomic mass is 32.2. The summed E-state index contributed by atoms with van der Waals surface area (Å²) in [7, 11) is -3.67. The zero-order valence-electron chi connectivity index (χ0n) is 16.9. The molecular formula is C22H24N5O2S+. The van der Waals surface area contributed by atoms with Crippen LogP contribution in [0.25, 0.3) is 16.9 Å².